The van der Waals surface area contributed by atoms with Crippen LogP contribution >= 0.6 is 0 Å². The molecule has 144 valence electrons. The number of pyridine rings is 2. The van der Waals surface area contributed by atoms with Crippen LogP contribution in [-0.2, 0) is 4.74 Å². The van der Waals surface area contributed by atoms with Gasteiger partial charge in [0, 0.05) is 30.9 Å². The van der Waals surface area contributed by atoms with Gasteiger partial charge >= 0.3 is 0 Å². The van der Waals surface area contributed by atoms with Gasteiger partial charge in [0.05, 0.1) is 29.7 Å². The van der Waals surface area contributed by atoms with Gasteiger partial charge in [0.2, 0.25) is 0 Å². The Morgan fingerprint density at radius 2 is 1.86 bits per heavy atom. The SMILES string of the molecule is CC1CN(C(=O)c2cnc3c(ccn3-c3ccc(C(N)=O)nc3)c2)CC(C)O1. The van der Waals surface area contributed by atoms with E-state index in [9.17, 15) is 9.59 Å². The van der Waals surface area contributed by atoms with Crippen molar-refractivity contribution < 1.29 is 14.3 Å². The van der Waals surface area contributed by atoms with E-state index in [0.29, 0.717) is 24.3 Å². The molecule has 1 fully saturated rings. The second-order valence-electron chi connectivity index (χ2n) is 7.06. The molecule has 28 heavy (non-hydrogen) atoms. The number of hydrogen-bond donors (Lipinski definition) is 1. The summed E-state index contributed by atoms with van der Waals surface area (Å²) in [7, 11) is 0. The van der Waals surface area contributed by atoms with Gasteiger partial charge in [-0.1, -0.05) is 0 Å². The highest BCUT2D eigenvalue weighted by Gasteiger charge is 2.27. The molecule has 2 N–H and O–H groups in total. The Labute approximate surface area is 161 Å². The van der Waals surface area contributed by atoms with Crippen molar-refractivity contribution in [3.8, 4) is 5.69 Å². The van der Waals surface area contributed by atoms with Gasteiger partial charge in [-0.05, 0) is 38.1 Å². The zero-order valence-electron chi connectivity index (χ0n) is 15.7. The topological polar surface area (TPSA) is 103 Å². The molecule has 4 rings (SSSR count). The van der Waals surface area contributed by atoms with Gasteiger partial charge in [-0.3, -0.25) is 14.2 Å². The van der Waals surface area contributed by atoms with Crippen LogP contribution in [-0.4, -0.2) is 56.5 Å². The smallest absolute Gasteiger partial charge is 0.267 e. The summed E-state index contributed by atoms with van der Waals surface area (Å²) in [6.07, 6.45) is 5.04. The number of carbonyl (C=O) groups excluding carboxylic acids is 2. The molecule has 0 radical (unpaired) electrons. The van der Waals surface area contributed by atoms with E-state index in [-0.39, 0.29) is 23.8 Å². The number of nitrogens with two attached hydrogens (primary N) is 1. The van der Waals surface area contributed by atoms with Gasteiger partial charge in [-0.25, -0.2) is 9.97 Å². The lowest BCUT2D eigenvalue weighted by molar-refractivity contribution is -0.0586. The molecule has 1 aliphatic heterocycles. The minimum Gasteiger partial charge on any atom is -0.372 e. The van der Waals surface area contributed by atoms with Crippen LogP contribution in [0.4, 0.5) is 0 Å². The monoisotopic (exact) mass is 379 g/mol. The number of amides is 2. The normalized spacial score (nSPS) is 19.7. The number of nitrogens with zero attached hydrogens (tertiary/aromatic N) is 4. The Kier molecular flexibility index (Phi) is 4.56. The number of ether oxygens (including phenoxy) is 1. The van der Waals surface area contributed by atoms with Crippen LogP contribution < -0.4 is 5.73 Å². The van der Waals surface area contributed by atoms with Gasteiger partial charge in [0.15, 0.2) is 0 Å². The first-order valence-electron chi connectivity index (χ1n) is 9.10. The van der Waals surface area contributed by atoms with Crippen molar-refractivity contribution in [1.29, 1.82) is 0 Å². The molecule has 1 saturated heterocycles. The summed E-state index contributed by atoms with van der Waals surface area (Å²) in [5.74, 6) is -0.617. The van der Waals surface area contributed by atoms with Crippen molar-refractivity contribution in [3.63, 3.8) is 0 Å². The summed E-state index contributed by atoms with van der Waals surface area (Å²) in [6.45, 7) is 5.07. The van der Waals surface area contributed by atoms with Crippen LogP contribution in [0.1, 0.15) is 34.7 Å². The average Bonchev–Trinajstić information content (AvgIpc) is 3.10. The fraction of sp³-hybridized carbons (Fsp3) is 0.300. The molecule has 0 aromatic carbocycles. The van der Waals surface area contributed by atoms with E-state index >= 15 is 0 Å². The van der Waals surface area contributed by atoms with Gasteiger partial charge in [0.25, 0.3) is 11.8 Å². The molecule has 2 amide bonds. The summed E-state index contributed by atoms with van der Waals surface area (Å²) in [5, 5.41) is 0.846. The molecule has 0 bridgehead atoms. The third kappa shape index (κ3) is 3.34. The Balaban J connectivity index is 1.62. The number of carbonyl (C=O) groups is 2. The molecule has 0 saturated carbocycles. The first-order chi connectivity index (χ1) is 13.4. The molecule has 8 heteroatoms. The van der Waals surface area contributed by atoms with E-state index in [2.05, 4.69) is 9.97 Å². The molecular weight excluding hydrogens is 358 g/mol. The molecule has 4 heterocycles. The highest BCUT2D eigenvalue weighted by atomic mass is 16.5. The second-order valence-corrected chi connectivity index (χ2v) is 7.06. The minimum absolute atomic E-state index is 0.0151. The third-order valence-corrected chi connectivity index (χ3v) is 4.76. The molecule has 3 aromatic heterocycles. The fourth-order valence-electron chi connectivity index (χ4n) is 3.55. The largest absolute Gasteiger partial charge is 0.372 e. The molecular formula is C20H21N5O3. The first kappa shape index (κ1) is 18.1. The van der Waals surface area contributed by atoms with Crippen molar-refractivity contribution in [2.75, 3.05) is 13.1 Å². The van der Waals surface area contributed by atoms with E-state index in [4.69, 9.17) is 10.5 Å². The van der Waals surface area contributed by atoms with Crippen molar-refractivity contribution in [2.45, 2.75) is 26.1 Å². The number of aromatic nitrogens is 3. The fourth-order valence-corrected chi connectivity index (χ4v) is 3.55. The number of hydrogen-bond acceptors (Lipinski definition) is 5. The van der Waals surface area contributed by atoms with Crippen LogP contribution in [0.25, 0.3) is 16.7 Å². The number of morpholine rings is 1. The van der Waals surface area contributed by atoms with E-state index in [1.54, 1.807) is 24.5 Å². The lowest BCUT2D eigenvalue weighted by atomic mass is 10.1. The maximum absolute atomic E-state index is 12.9. The van der Waals surface area contributed by atoms with Crippen LogP contribution in [0.2, 0.25) is 0 Å². The van der Waals surface area contributed by atoms with E-state index in [1.165, 1.54) is 0 Å². The summed E-state index contributed by atoms with van der Waals surface area (Å²) < 4.78 is 7.55. The first-order valence-corrected chi connectivity index (χ1v) is 9.10. The van der Waals surface area contributed by atoms with E-state index < -0.39 is 5.91 Å². The summed E-state index contributed by atoms with van der Waals surface area (Å²) in [4.78, 5) is 34.4. The van der Waals surface area contributed by atoms with Gasteiger partial charge in [0.1, 0.15) is 11.3 Å². The quantitative estimate of drug-likeness (QED) is 0.747. The summed E-state index contributed by atoms with van der Waals surface area (Å²) in [6, 6.07) is 7.06. The van der Waals surface area contributed by atoms with Crippen molar-refractivity contribution >= 4 is 22.8 Å². The van der Waals surface area contributed by atoms with Crippen molar-refractivity contribution in [1.82, 2.24) is 19.4 Å². The zero-order valence-corrected chi connectivity index (χ0v) is 15.7. The third-order valence-electron chi connectivity index (χ3n) is 4.76. The van der Waals surface area contributed by atoms with Gasteiger partial charge in [-0.15, -0.1) is 0 Å². The highest BCUT2D eigenvalue weighted by molar-refractivity contribution is 5.97. The van der Waals surface area contributed by atoms with E-state index in [0.717, 1.165) is 11.1 Å². The van der Waals surface area contributed by atoms with Crippen LogP contribution in [0.3, 0.4) is 0 Å². The standard InChI is InChI=1S/C20H21N5O3/c1-12-10-24(11-13(2)28-12)20(27)15-7-14-5-6-25(19(14)23-8-15)16-3-4-17(18(21)26)22-9-16/h3-9,12-13H,10-11H2,1-2H3,(H2,21,26). The summed E-state index contributed by atoms with van der Waals surface area (Å²) in [5.41, 5.74) is 7.44. The molecule has 2 unspecified atom stereocenters. The molecule has 0 spiro atoms. The minimum atomic E-state index is -0.572. The maximum atomic E-state index is 12.9. The summed E-state index contributed by atoms with van der Waals surface area (Å²) >= 11 is 0. The lowest BCUT2D eigenvalue weighted by Gasteiger charge is -2.35. The van der Waals surface area contributed by atoms with Gasteiger partial charge < -0.3 is 15.4 Å². The Hall–Kier alpha value is -3.26. The molecule has 3 aromatic rings. The van der Waals surface area contributed by atoms with Crippen molar-refractivity contribution in [2.24, 2.45) is 5.73 Å². The van der Waals surface area contributed by atoms with Crippen LogP contribution in [0.5, 0.6) is 0 Å². The molecule has 1 aliphatic rings. The zero-order chi connectivity index (χ0) is 19.8. The Morgan fingerprint density at radius 3 is 2.50 bits per heavy atom. The predicted molar refractivity (Wildman–Crippen MR) is 103 cm³/mol. The second kappa shape index (κ2) is 7.05. The molecule has 0 aliphatic carbocycles. The van der Waals surface area contributed by atoms with Gasteiger partial charge in [-0.2, -0.15) is 0 Å². The lowest BCUT2D eigenvalue weighted by Crippen LogP contribution is -2.48. The molecule has 2 atom stereocenters. The van der Waals surface area contributed by atoms with Crippen LogP contribution in [0.15, 0.2) is 42.9 Å². The number of rotatable bonds is 3. The highest BCUT2D eigenvalue weighted by Crippen LogP contribution is 2.21. The van der Waals surface area contributed by atoms with Crippen LogP contribution in [0, 0.1) is 0 Å². The Morgan fingerprint density at radius 1 is 1.11 bits per heavy atom. The maximum Gasteiger partial charge on any atom is 0.267 e. The average molecular weight is 379 g/mol. The number of fused-ring (bicyclic) bond motifs is 1. The number of primary amides is 1. The predicted octanol–water partition coefficient (Wildman–Crippen LogP) is 1.77. The van der Waals surface area contributed by atoms with E-state index in [1.807, 2.05) is 41.6 Å². The molecule has 8 nitrogen and oxygen atoms in total. The van der Waals surface area contributed by atoms with Crippen molar-refractivity contribution in [3.05, 3.63) is 54.1 Å². The Bertz CT molecular complexity index is 1030.